The molecule has 29 heavy (non-hydrogen) atoms. The summed E-state index contributed by atoms with van der Waals surface area (Å²) in [5.41, 5.74) is -1.47. The minimum absolute atomic E-state index is 0.107. The van der Waals surface area contributed by atoms with Crippen LogP contribution in [0.3, 0.4) is 0 Å². The summed E-state index contributed by atoms with van der Waals surface area (Å²) in [6.07, 6.45) is -1.14. The Kier molecular flexibility index (Phi) is 4.97. The van der Waals surface area contributed by atoms with E-state index in [-0.39, 0.29) is 18.4 Å². The molecule has 1 amide bonds. The topological polar surface area (TPSA) is 67.6 Å². The quantitative estimate of drug-likeness (QED) is 0.833. The molecule has 2 atom stereocenters. The van der Waals surface area contributed by atoms with E-state index in [1.165, 1.54) is 12.1 Å². The molecule has 1 N–H and O–H groups in total. The molecule has 3 aliphatic rings. The van der Waals surface area contributed by atoms with Crippen LogP contribution in [-0.2, 0) is 11.0 Å². The number of nitrogens with zero attached hydrogens (tertiary/aromatic N) is 3. The molecule has 5 nitrogen and oxygen atoms in total. The van der Waals surface area contributed by atoms with Gasteiger partial charge in [-0.3, -0.25) is 4.79 Å². The third-order valence-electron chi connectivity index (χ3n) is 6.69. The predicted molar refractivity (Wildman–Crippen MR) is 99.9 cm³/mol. The Bertz CT molecular complexity index is 847. The van der Waals surface area contributed by atoms with E-state index in [4.69, 9.17) is 5.26 Å². The number of piperidine rings is 1. The van der Waals surface area contributed by atoms with Gasteiger partial charge in [-0.2, -0.15) is 18.4 Å². The van der Waals surface area contributed by atoms with Crippen LogP contribution in [-0.4, -0.2) is 48.7 Å². The Morgan fingerprint density at radius 2 is 2.03 bits per heavy atom. The van der Waals surface area contributed by atoms with Crippen LogP contribution < -0.4 is 4.90 Å². The van der Waals surface area contributed by atoms with Gasteiger partial charge in [-0.05, 0) is 49.3 Å². The highest BCUT2D eigenvalue weighted by atomic mass is 19.4. The van der Waals surface area contributed by atoms with Crippen molar-refractivity contribution in [3.63, 3.8) is 0 Å². The normalized spacial score (nSPS) is 26.9. The number of benzene rings is 1. The zero-order valence-electron chi connectivity index (χ0n) is 16.1. The molecule has 0 spiro atoms. The molecule has 1 saturated carbocycles. The van der Waals surface area contributed by atoms with Crippen LogP contribution in [0.2, 0.25) is 0 Å². The summed E-state index contributed by atoms with van der Waals surface area (Å²) in [7, 11) is 0. The number of anilines is 1. The fourth-order valence-corrected chi connectivity index (χ4v) is 4.78. The Labute approximate surface area is 167 Å². The molecule has 0 bridgehead atoms. The lowest BCUT2D eigenvalue weighted by Crippen LogP contribution is -2.51. The molecule has 3 fully saturated rings. The Balaban J connectivity index is 1.55. The molecule has 8 heteroatoms. The number of aliphatic hydroxyl groups excluding tert-OH is 1. The first-order chi connectivity index (χ1) is 13.8. The van der Waals surface area contributed by atoms with E-state index in [9.17, 15) is 23.1 Å². The minimum atomic E-state index is -4.60. The molecule has 2 saturated heterocycles. The molecule has 156 valence electrons. The van der Waals surface area contributed by atoms with Crippen LogP contribution in [0.4, 0.5) is 18.9 Å². The number of hydrogen-bond acceptors (Lipinski definition) is 4. The maximum absolute atomic E-state index is 13.3. The first-order valence-electron chi connectivity index (χ1n) is 10.0. The van der Waals surface area contributed by atoms with Crippen LogP contribution in [0.25, 0.3) is 0 Å². The molecule has 2 aliphatic heterocycles. The highest BCUT2D eigenvalue weighted by Crippen LogP contribution is 2.45. The molecular formula is C21H24F3N3O2. The summed E-state index contributed by atoms with van der Waals surface area (Å²) in [6.45, 7) is 1.90. The number of amides is 1. The number of carbonyl (C=O) groups excluding carboxylic acids is 1. The number of nitriles is 1. The minimum Gasteiger partial charge on any atom is -0.396 e. The van der Waals surface area contributed by atoms with Crippen molar-refractivity contribution in [3.8, 4) is 6.07 Å². The molecule has 4 rings (SSSR count). The monoisotopic (exact) mass is 407 g/mol. The molecule has 1 aromatic carbocycles. The molecule has 0 radical (unpaired) electrons. The summed E-state index contributed by atoms with van der Waals surface area (Å²) in [6, 6.07) is 5.36. The van der Waals surface area contributed by atoms with Crippen molar-refractivity contribution in [1.82, 2.24) is 4.90 Å². The van der Waals surface area contributed by atoms with E-state index in [1.54, 1.807) is 6.07 Å². The smallest absolute Gasteiger partial charge is 0.396 e. The van der Waals surface area contributed by atoms with Gasteiger partial charge in [-0.25, -0.2) is 0 Å². The van der Waals surface area contributed by atoms with Crippen LogP contribution in [0.1, 0.15) is 36.8 Å². The number of carbonyl (C=O) groups is 1. The molecular weight excluding hydrogens is 383 g/mol. The van der Waals surface area contributed by atoms with Gasteiger partial charge in [-0.1, -0.05) is 0 Å². The molecule has 1 aromatic rings. The van der Waals surface area contributed by atoms with Gasteiger partial charge in [0, 0.05) is 43.7 Å². The lowest BCUT2D eigenvalue weighted by atomic mass is 9.74. The van der Waals surface area contributed by atoms with Crippen molar-refractivity contribution in [3.05, 3.63) is 29.3 Å². The molecule has 0 aromatic heterocycles. The van der Waals surface area contributed by atoms with E-state index >= 15 is 0 Å². The summed E-state index contributed by atoms with van der Waals surface area (Å²) >= 11 is 0. The largest absolute Gasteiger partial charge is 0.417 e. The number of fused-ring (bicyclic) bond motifs is 1. The molecule has 1 aliphatic carbocycles. The third kappa shape index (κ3) is 3.80. The average Bonchev–Trinajstić information content (AvgIpc) is 3.42. The maximum atomic E-state index is 13.3. The van der Waals surface area contributed by atoms with Gasteiger partial charge in [0.05, 0.1) is 23.8 Å². The van der Waals surface area contributed by atoms with Crippen molar-refractivity contribution < 1.29 is 23.1 Å². The fraction of sp³-hybridized carbons (Fsp3) is 0.619. The Morgan fingerprint density at radius 1 is 1.28 bits per heavy atom. The van der Waals surface area contributed by atoms with E-state index in [0.717, 1.165) is 18.9 Å². The standard InChI is InChI=1S/C21H24F3N3O2/c22-21(23,24)18-8-17(4-3-15(18)9-25)26-6-5-16-10-27(12-20(16,11-26)13-28)19(29)7-14-1-2-14/h3-4,8,14,16,28H,1-2,5-7,10-13H2/t16-,20+/m1/s1. The maximum Gasteiger partial charge on any atom is 0.417 e. The number of halogens is 3. The van der Waals surface area contributed by atoms with Crippen LogP contribution >= 0.6 is 0 Å². The van der Waals surface area contributed by atoms with E-state index in [1.807, 2.05) is 9.80 Å². The van der Waals surface area contributed by atoms with Gasteiger partial charge in [0.25, 0.3) is 0 Å². The molecule has 2 heterocycles. The van der Waals surface area contributed by atoms with Gasteiger partial charge in [0.15, 0.2) is 0 Å². The number of alkyl halides is 3. The van der Waals surface area contributed by atoms with E-state index < -0.39 is 22.7 Å². The highest BCUT2D eigenvalue weighted by molar-refractivity contribution is 5.77. The average molecular weight is 407 g/mol. The van der Waals surface area contributed by atoms with Gasteiger partial charge in [-0.15, -0.1) is 0 Å². The Hall–Kier alpha value is -2.27. The zero-order chi connectivity index (χ0) is 20.8. The van der Waals surface area contributed by atoms with Crippen molar-refractivity contribution in [2.24, 2.45) is 17.3 Å². The number of likely N-dealkylation sites (tertiary alicyclic amines) is 1. The number of hydrogen-bond donors (Lipinski definition) is 1. The first kappa shape index (κ1) is 20.0. The van der Waals surface area contributed by atoms with Gasteiger partial charge >= 0.3 is 6.18 Å². The lowest BCUT2D eigenvalue weighted by Gasteiger charge is -2.44. The summed E-state index contributed by atoms with van der Waals surface area (Å²) in [5.74, 6) is 0.762. The lowest BCUT2D eigenvalue weighted by molar-refractivity contribution is -0.137. The first-order valence-corrected chi connectivity index (χ1v) is 10.0. The fourth-order valence-electron chi connectivity index (χ4n) is 4.78. The van der Waals surface area contributed by atoms with Crippen molar-refractivity contribution in [2.45, 2.75) is 31.9 Å². The number of aliphatic hydroxyl groups is 1. The van der Waals surface area contributed by atoms with Crippen LogP contribution in [0.15, 0.2) is 18.2 Å². The van der Waals surface area contributed by atoms with Gasteiger partial charge in [0.1, 0.15) is 0 Å². The Morgan fingerprint density at radius 3 is 2.66 bits per heavy atom. The second kappa shape index (κ2) is 7.21. The zero-order valence-corrected chi connectivity index (χ0v) is 16.1. The summed E-state index contributed by atoms with van der Waals surface area (Å²) in [4.78, 5) is 16.2. The van der Waals surface area contributed by atoms with Crippen molar-refractivity contribution >= 4 is 11.6 Å². The van der Waals surface area contributed by atoms with Crippen LogP contribution in [0, 0.1) is 28.6 Å². The van der Waals surface area contributed by atoms with E-state index in [2.05, 4.69) is 0 Å². The highest BCUT2D eigenvalue weighted by Gasteiger charge is 2.51. The SMILES string of the molecule is N#Cc1ccc(N2CC[C@@H]3CN(C(=O)CC4CC4)C[C@]3(CO)C2)cc1C(F)(F)F. The van der Waals surface area contributed by atoms with Crippen LogP contribution in [0.5, 0.6) is 0 Å². The second-order valence-electron chi connectivity index (χ2n) is 8.69. The van der Waals surface area contributed by atoms with E-state index in [0.29, 0.717) is 50.6 Å². The van der Waals surface area contributed by atoms with Crippen molar-refractivity contribution in [1.29, 1.82) is 5.26 Å². The summed E-state index contributed by atoms with van der Waals surface area (Å²) in [5, 5.41) is 19.2. The van der Waals surface area contributed by atoms with Crippen molar-refractivity contribution in [2.75, 3.05) is 37.7 Å². The third-order valence-corrected chi connectivity index (χ3v) is 6.69. The second-order valence-corrected chi connectivity index (χ2v) is 8.69. The summed E-state index contributed by atoms with van der Waals surface area (Å²) < 4.78 is 40.0. The predicted octanol–water partition coefficient (Wildman–Crippen LogP) is 3.02. The molecule has 0 unspecified atom stereocenters. The van der Waals surface area contributed by atoms with Gasteiger partial charge < -0.3 is 14.9 Å². The van der Waals surface area contributed by atoms with Gasteiger partial charge in [0.2, 0.25) is 5.91 Å². The number of rotatable bonds is 4.